The third-order valence-corrected chi connectivity index (χ3v) is 2.35. The third kappa shape index (κ3) is 1.36. The molecule has 2 atom stereocenters. The molecule has 0 bridgehead atoms. The number of nitriles is 1. The molecule has 0 radical (unpaired) electrons. The molecule has 0 spiro atoms. The van der Waals surface area contributed by atoms with Crippen molar-refractivity contribution in [3.8, 4) is 6.07 Å². The van der Waals surface area contributed by atoms with E-state index in [0.29, 0.717) is 0 Å². The van der Waals surface area contributed by atoms with Crippen molar-refractivity contribution in [3.05, 3.63) is 34.3 Å². The van der Waals surface area contributed by atoms with Gasteiger partial charge in [0.2, 0.25) is 0 Å². The molecular weight excluding hydrogens is 218 g/mol. The van der Waals surface area contributed by atoms with Gasteiger partial charge in [0.15, 0.2) is 6.10 Å². The van der Waals surface area contributed by atoms with E-state index in [1.54, 1.807) is 0 Å². The summed E-state index contributed by atoms with van der Waals surface area (Å²) < 4.78 is 6.16. The van der Waals surface area contributed by atoms with E-state index in [9.17, 15) is 0 Å². The van der Waals surface area contributed by atoms with Crippen LogP contribution in [0.1, 0.15) is 11.7 Å². The lowest BCUT2D eigenvalue weighted by Gasteiger charge is -1.93. The van der Waals surface area contributed by atoms with E-state index < -0.39 is 0 Å². The molecule has 60 valence electrons. The zero-order valence-corrected chi connectivity index (χ0v) is 7.78. The molecule has 0 aliphatic carbocycles. The van der Waals surface area contributed by atoms with Gasteiger partial charge in [0.25, 0.3) is 0 Å². The molecule has 0 unspecified atom stereocenters. The minimum atomic E-state index is -0.230. The molecule has 0 amide bonds. The van der Waals surface area contributed by atoms with Gasteiger partial charge < -0.3 is 4.74 Å². The zero-order valence-electron chi connectivity index (χ0n) is 6.20. The van der Waals surface area contributed by atoms with Crippen LogP contribution < -0.4 is 0 Å². The lowest BCUT2D eigenvalue weighted by atomic mass is 10.1. The minimum Gasteiger partial charge on any atom is -0.348 e. The average Bonchev–Trinajstić information content (AvgIpc) is 2.85. The smallest absolute Gasteiger partial charge is 0.175 e. The summed E-state index contributed by atoms with van der Waals surface area (Å²) in [7, 11) is 0. The fraction of sp³-hybridized carbons (Fsp3) is 0.222. The van der Waals surface area contributed by atoms with Crippen LogP contribution in [0.4, 0.5) is 0 Å². The Morgan fingerprint density at radius 3 is 2.50 bits per heavy atom. The van der Waals surface area contributed by atoms with Crippen LogP contribution in [0.3, 0.4) is 0 Å². The summed E-state index contributed by atoms with van der Waals surface area (Å²) in [6.07, 6.45) is -0.228. The molecule has 0 saturated carbocycles. The van der Waals surface area contributed by atoms with Gasteiger partial charge in [-0.15, -0.1) is 0 Å². The maximum absolute atomic E-state index is 8.51. The summed E-state index contributed by atoms with van der Waals surface area (Å²) in [6.45, 7) is 0. The Kier molecular flexibility index (Phi) is 1.87. The monoisotopic (exact) mass is 223 g/mol. The first-order chi connectivity index (χ1) is 5.81. The molecular formula is C9H6BrNO. The number of nitrogens with zero attached hydrogens (tertiary/aromatic N) is 1. The van der Waals surface area contributed by atoms with Crippen molar-refractivity contribution in [3.63, 3.8) is 0 Å². The number of epoxide rings is 1. The van der Waals surface area contributed by atoms with Gasteiger partial charge in [0.05, 0.1) is 6.07 Å². The normalized spacial score (nSPS) is 26.3. The van der Waals surface area contributed by atoms with Crippen LogP contribution in [0.2, 0.25) is 0 Å². The van der Waals surface area contributed by atoms with E-state index in [1.165, 1.54) is 0 Å². The number of hydrogen-bond donors (Lipinski definition) is 0. The second-order valence-electron chi connectivity index (χ2n) is 2.66. The Hall–Kier alpha value is -0.850. The summed E-state index contributed by atoms with van der Waals surface area (Å²) in [5.74, 6) is 0. The fourth-order valence-electron chi connectivity index (χ4n) is 1.12. The van der Waals surface area contributed by atoms with Crippen molar-refractivity contribution in [2.75, 3.05) is 0 Å². The zero-order chi connectivity index (χ0) is 8.55. The van der Waals surface area contributed by atoms with Crippen LogP contribution >= 0.6 is 15.9 Å². The van der Waals surface area contributed by atoms with E-state index in [-0.39, 0.29) is 12.2 Å². The largest absolute Gasteiger partial charge is 0.348 e. The predicted molar refractivity (Wildman–Crippen MR) is 47.4 cm³/mol. The minimum absolute atomic E-state index is 0.00287. The van der Waals surface area contributed by atoms with Crippen molar-refractivity contribution in [2.45, 2.75) is 12.2 Å². The highest BCUT2D eigenvalue weighted by molar-refractivity contribution is 9.10. The second kappa shape index (κ2) is 2.89. The Bertz CT molecular complexity index is 327. The van der Waals surface area contributed by atoms with E-state index >= 15 is 0 Å². The quantitative estimate of drug-likeness (QED) is 0.686. The molecule has 1 aliphatic rings. The maximum atomic E-state index is 8.51. The lowest BCUT2D eigenvalue weighted by molar-refractivity contribution is 0.396. The number of rotatable bonds is 1. The first-order valence-electron chi connectivity index (χ1n) is 3.62. The highest BCUT2D eigenvalue weighted by atomic mass is 79.9. The van der Waals surface area contributed by atoms with Crippen LogP contribution in [0.15, 0.2) is 28.7 Å². The van der Waals surface area contributed by atoms with Crippen molar-refractivity contribution in [1.29, 1.82) is 5.26 Å². The maximum Gasteiger partial charge on any atom is 0.175 e. The van der Waals surface area contributed by atoms with Crippen LogP contribution in [-0.4, -0.2) is 6.10 Å². The molecule has 1 fully saturated rings. The molecule has 2 nitrogen and oxygen atoms in total. The van der Waals surface area contributed by atoms with Gasteiger partial charge in [-0.1, -0.05) is 28.1 Å². The van der Waals surface area contributed by atoms with Gasteiger partial charge in [-0.2, -0.15) is 5.26 Å². The van der Waals surface area contributed by atoms with Gasteiger partial charge in [-0.3, -0.25) is 0 Å². The topological polar surface area (TPSA) is 36.3 Å². The molecule has 0 aromatic heterocycles. The number of halogens is 1. The molecule has 1 aromatic carbocycles. The Balaban J connectivity index is 2.17. The van der Waals surface area contributed by atoms with E-state index in [4.69, 9.17) is 10.00 Å². The Morgan fingerprint density at radius 1 is 1.33 bits per heavy atom. The second-order valence-corrected chi connectivity index (χ2v) is 3.57. The van der Waals surface area contributed by atoms with Gasteiger partial charge in [-0.25, -0.2) is 0 Å². The highest BCUT2D eigenvalue weighted by Gasteiger charge is 2.40. The molecule has 0 N–H and O–H groups in total. The number of ether oxygens (including phenoxy) is 1. The molecule has 2 rings (SSSR count). The van der Waals surface area contributed by atoms with E-state index in [0.717, 1.165) is 10.0 Å². The number of benzene rings is 1. The summed E-state index contributed by atoms with van der Waals surface area (Å²) in [4.78, 5) is 0. The SMILES string of the molecule is N#C[C@@H]1O[C@H]1c1ccc(Br)cc1. The summed E-state index contributed by atoms with van der Waals surface area (Å²) in [5.41, 5.74) is 1.07. The fourth-order valence-corrected chi connectivity index (χ4v) is 1.38. The summed E-state index contributed by atoms with van der Waals surface area (Å²) in [5, 5.41) is 8.51. The molecule has 1 aliphatic heterocycles. The van der Waals surface area contributed by atoms with E-state index in [1.807, 2.05) is 24.3 Å². The van der Waals surface area contributed by atoms with Crippen LogP contribution in [0, 0.1) is 11.3 Å². The van der Waals surface area contributed by atoms with Crippen molar-refractivity contribution in [1.82, 2.24) is 0 Å². The molecule has 12 heavy (non-hydrogen) atoms. The van der Waals surface area contributed by atoms with Gasteiger partial charge in [0, 0.05) is 4.47 Å². The summed E-state index contributed by atoms with van der Waals surface area (Å²) in [6, 6.07) is 9.90. The average molecular weight is 224 g/mol. The Labute approximate surface area is 78.9 Å². The molecule has 1 heterocycles. The molecule has 1 aromatic rings. The van der Waals surface area contributed by atoms with Gasteiger partial charge >= 0.3 is 0 Å². The van der Waals surface area contributed by atoms with Crippen LogP contribution in [-0.2, 0) is 4.74 Å². The van der Waals surface area contributed by atoms with Crippen molar-refractivity contribution in [2.24, 2.45) is 0 Å². The van der Waals surface area contributed by atoms with Gasteiger partial charge in [0.1, 0.15) is 6.10 Å². The standard InChI is InChI=1S/C9H6BrNO/c10-7-3-1-6(2-4-7)9-8(5-11)12-9/h1-4,8-9H/t8-,9-/m0/s1. The van der Waals surface area contributed by atoms with Crippen molar-refractivity contribution < 1.29 is 4.74 Å². The van der Waals surface area contributed by atoms with E-state index in [2.05, 4.69) is 22.0 Å². The van der Waals surface area contributed by atoms with Crippen LogP contribution in [0.5, 0.6) is 0 Å². The first-order valence-corrected chi connectivity index (χ1v) is 4.41. The van der Waals surface area contributed by atoms with Crippen molar-refractivity contribution >= 4 is 15.9 Å². The lowest BCUT2D eigenvalue weighted by Crippen LogP contribution is -1.83. The molecule has 1 saturated heterocycles. The summed E-state index contributed by atoms with van der Waals surface area (Å²) >= 11 is 3.34. The van der Waals surface area contributed by atoms with Gasteiger partial charge in [-0.05, 0) is 17.7 Å². The highest BCUT2D eigenvalue weighted by Crippen LogP contribution is 2.38. The van der Waals surface area contributed by atoms with Crippen LogP contribution in [0.25, 0.3) is 0 Å². The Morgan fingerprint density at radius 2 is 2.00 bits per heavy atom. The first kappa shape index (κ1) is 7.78. The number of hydrogen-bond acceptors (Lipinski definition) is 2. The molecule has 3 heteroatoms. The third-order valence-electron chi connectivity index (χ3n) is 1.82. The predicted octanol–water partition coefficient (Wildman–Crippen LogP) is 2.41.